The fraction of sp³-hybridized carbons (Fsp3) is 0.750. The van der Waals surface area contributed by atoms with Crippen molar-refractivity contribution in [3.63, 3.8) is 0 Å². The molecule has 13 heavy (non-hydrogen) atoms. The van der Waals surface area contributed by atoms with Gasteiger partial charge in [-0.3, -0.25) is 0 Å². The van der Waals surface area contributed by atoms with E-state index in [1.165, 1.54) is 24.8 Å². The lowest BCUT2D eigenvalue weighted by molar-refractivity contribution is 0.803. The second-order valence-electron chi connectivity index (χ2n) is 4.96. The molecular formula is C12H24Si. The van der Waals surface area contributed by atoms with E-state index in [0.717, 1.165) is 0 Å². The highest BCUT2D eigenvalue weighted by molar-refractivity contribution is 6.83. The summed E-state index contributed by atoms with van der Waals surface area (Å²) in [7, 11) is -1.10. The maximum atomic E-state index is 3.55. The molecule has 1 heteroatoms. The van der Waals surface area contributed by atoms with Crippen LogP contribution in [0.2, 0.25) is 19.6 Å². The van der Waals surface area contributed by atoms with E-state index in [9.17, 15) is 0 Å². The first-order chi connectivity index (χ1) is 5.88. The van der Waals surface area contributed by atoms with Gasteiger partial charge in [0, 0.05) is 0 Å². The maximum Gasteiger partial charge on any atom is 0.0823 e. The molecule has 0 radical (unpaired) electrons. The largest absolute Gasteiger partial charge is 0.128 e. The topological polar surface area (TPSA) is 0 Å². The predicted octanol–water partition coefficient (Wildman–Crippen LogP) is 4.55. The van der Waals surface area contributed by atoms with Gasteiger partial charge < -0.3 is 0 Å². The van der Waals surface area contributed by atoms with E-state index in [4.69, 9.17) is 0 Å². The molecule has 0 saturated heterocycles. The van der Waals surface area contributed by atoms with E-state index >= 15 is 0 Å². The molecule has 0 nitrogen and oxygen atoms in total. The lowest BCUT2D eigenvalue weighted by Gasteiger charge is -2.18. The van der Waals surface area contributed by atoms with E-state index in [1.54, 1.807) is 5.20 Å². The molecule has 0 amide bonds. The average molecular weight is 196 g/mol. The van der Waals surface area contributed by atoms with Crippen LogP contribution in [0.25, 0.3) is 0 Å². The Bertz CT molecular complexity index is 208. The molecule has 0 aromatic rings. The van der Waals surface area contributed by atoms with Gasteiger partial charge >= 0.3 is 0 Å². The third kappa shape index (κ3) is 5.90. The summed E-state index contributed by atoms with van der Waals surface area (Å²) in [5.41, 5.74) is 4.88. The predicted molar refractivity (Wildman–Crippen MR) is 64.8 cm³/mol. The van der Waals surface area contributed by atoms with Crippen molar-refractivity contribution >= 4 is 8.07 Å². The summed E-state index contributed by atoms with van der Waals surface area (Å²) in [5, 5.41) is 1.61. The molecular weight excluding hydrogens is 172 g/mol. The Morgan fingerprint density at radius 2 is 1.69 bits per heavy atom. The van der Waals surface area contributed by atoms with Crippen LogP contribution in [0.4, 0.5) is 0 Å². The summed E-state index contributed by atoms with van der Waals surface area (Å²) in [6.07, 6.45) is 3.87. The van der Waals surface area contributed by atoms with Gasteiger partial charge in [-0.15, -0.1) is 5.73 Å². The minimum absolute atomic E-state index is 1.10. The Hall–Kier alpha value is -0.263. The Balaban J connectivity index is 4.69. The molecule has 0 heterocycles. The zero-order chi connectivity index (χ0) is 10.5. The quantitative estimate of drug-likeness (QED) is 0.457. The molecule has 0 fully saturated rings. The summed E-state index contributed by atoms with van der Waals surface area (Å²) in [4.78, 5) is 0. The molecule has 76 valence electrons. The summed E-state index contributed by atoms with van der Waals surface area (Å²) < 4.78 is 0. The fourth-order valence-electron chi connectivity index (χ4n) is 1.28. The summed E-state index contributed by atoms with van der Waals surface area (Å²) >= 11 is 0. The van der Waals surface area contributed by atoms with Gasteiger partial charge in [-0.2, -0.15) is 0 Å². The average Bonchev–Trinajstić information content (AvgIpc) is 1.95. The molecule has 0 unspecified atom stereocenters. The van der Waals surface area contributed by atoms with Crippen LogP contribution in [0, 0.1) is 0 Å². The number of allylic oxidation sites excluding steroid dienone is 1. The standard InChI is InChI=1S/C12H24Si/c1-7-8-9-12(10-11(2)3)13(4,5)6/h7-9H2,1-6H3. The van der Waals surface area contributed by atoms with Crippen LogP contribution in [0.3, 0.4) is 0 Å². The molecule has 0 bridgehead atoms. The molecule has 0 N–H and O–H groups in total. The van der Waals surface area contributed by atoms with E-state index in [-0.39, 0.29) is 0 Å². The van der Waals surface area contributed by atoms with Gasteiger partial charge in [0.25, 0.3) is 0 Å². The molecule has 0 aromatic heterocycles. The third-order valence-corrected chi connectivity index (χ3v) is 4.27. The normalized spacial score (nSPS) is 10.9. The van der Waals surface area contributed by atoms with Crippen LogP contribution >= 0.6 is 0 Å². The Labute approximate surface area is 84.8 Å². The smallest absolute Gasteiger partial charge is 0.0823 e. The van der Waals surface area contributed by atoms with Crippen LogP contribution in [0.1, 0.15) is 40.0 Å². The van der Waals surface area contributed by atoms with E-state index < -0.39 is 8.07 Å². The van der Waals surface area contributed by atoms with E-state index in [0.29, 0.717) is 0 Å². The lowest BCUT2D eigenvalue weighted by atomic mass is 10.2. The minimum atomic E-state index is -1.10. The first-order valence-electron chi connectivity index (χ1n) is 5.31. The van der Waals surface area contributed by atoms with Crippen LogP contribution in [-0.4, -0.2) is 8.07 Å². The first kappa shape index (κ1) is 12.7. The first-order valence-corrected chi connectivity index (χ1v) is 8.81. The van der Waals surface area contributed by atoms with Crippen molar-refractivity contribution in [2.75, 3.05) is 0 Å². The van der Waals surface area contributed by atoms with Gasteiger partial charge in [-0.1, -0.05) is 33.0 Å². The highest BCUT2D eigenvalue weighted by Crippen LogP contribution is 2.19. The van der Waals surface area contributed by atoms with Crippen molar-refractivity contribution in [1.82, 2.24) is 0 Å². The molecule has 0 aliphatic heterocycles. The molecule has 0 aliphatic carbocycles. The summed E-state index contributed by atoms with van der Waals surface area (Å²) in [6, 6.07) is 0. The van der Waals surface area contributed by atoms with Crippen molar-refractivity contribution in [2.24, 2.45) is 0 Å². The zero-order valence-corrected chi connectivity index (χ0v) is 11.1. The molecule has 0 saturated carbocycles. The molecule has 0 spiro atoms. The lowest BCUT2D eigenvalue weighted by Crippen LogP contribution is -2.23. The van der Waals surface area contributed by atoms with Crippen molar-refractivity contribution in [2.45, 2.75) is 59.7 Å². The van der Waals surface area contributed by atoms with Crippen LogP contribution < -0.4 is 0 Å². The molecule has 0 aromatic carbocycles. The second kappa shape index (κ2) is 5.46. The minimum Gasteiger partial charge on any atom is -0.128 e. The fourth-order valence-corrected chi connectivity index (χ4v) is 2.83. The van der Waals surface area contributed by atoms with E-state index in [1.807, 2.05) is 0 Å². The van der Waals surface area contributed by atoms with Crippen molar-refractivity contribution in [1.29, 1.82) is 0 Å². The van der Waals surface area contributed by atoms with Gasteiger partial charge in [0.15, 0.2) is 0 Å². The Morgan fingerprint density at radius 3 is 2.00 bits per heavy atom. The van der Waals surface area contributed by atoms with Crippen molar-refractivity contribution in [3.05, 3.63) is 16.5 Å². The highest BCUT2D eigenvalue weighted by atomic mass is 28.3. The van der Waals surface area contributed by atoms with Gasteiger partial charge in [-0.05, 0) is 37.5 Å². The molecule has 0 atom stereocenters. The number of unbranched alkanes of at least 4 members (excludes halogenated alkanes) is 1. The zero-order valence-electron chi connectivity index (χ0n) is 10.1. The SMILES string of the molecule is CCCCC(=C=C(C)C)[Si](C)(C)C. The summed E-state index contributed by atoms with van der Waals surface area (Å²) in [5.74, 6) is 0. The maximum absolute atomic E-state index is 3.55. The number of hydrogen-bond acceptors (Lipinski definition) is 0. The Morgan fingerprint density at radius 1 is 1.15 bits per heavy atom. The molecule has 0 rings (SSSR count). The van der Waals surface area contributed by atoms with Crippen molar-refractivity contribution < 1.29 is 0 Å². The number of rotatable bonds is 4. The van der Waals surface area contributed by atoms with Crippen LogP contribution in [0.5, 0.6) is 0 Å². The van der Waals surface area contributed by atoms with Gasteiger partial charge in [-0.25, -0.2) is 0 Å². The monoisotopic (exact) mass is 196 g/mol. The Kier molecular flexibility index (Phi) is 5.35. The van der Waals surface area contributed by atoms with Gasteiger partial charge in [0.1, 0.15) is 0 Å². The highest BCUT2D eigenvalue weighted by Gasteiger charge is 2.18. The second-order valence-corrected chi connectivity index (χ2v) is 10.1. The number of hydrogen-bond donors (Lipinski definition) is 0. The van der Waals surface area contributed by atoms with Crippen molar-refractivity contribution in [3.8, 4) is 0 Å². The van der Waals surface area contributed by atoms with E-state index in [2.05, 4.69) is 46.1 Å². The van der Waals surface area contributed by atoms with Gasteiger partial charge in [0.2, 0.25) is 0 Å². The van der Waals surface area contributed by atoms with Gasteiger partial charge in [0.05, 0.1) is 8.07 Å². The van der Waals surface area contributed by atoms with Crippen LogP contribution in [-0.2, 0) is 0 Å². The molecule has 0 aliphatic rings. The van der Waals surface area contributed by atoms with Crippen LogP contribution in [0.15, 0.2) is 16.5 Å². The summed E-state index contributed by atoms with van der Waals surface area (Å²) in [6.45, 7) is 13.8. The third-order valence-electron chi connectivity index (χ3n) is 2.09.